The van der Waals surface area contributed by atoms with Gasteiger partial charge in [-0.1, -0.05) is 24.3 Å². The average molecular weight is 436 g/mol. The lowest BCUT2D eigenvalue weighted by Crippen LogP contribution is -3.14. The third-order valence-corrected chi connectivity index (χ3v) is 6.29. The second-order valence-corrected chi connectivity index (χ2v) is 8.19. The topological polar surface area (TPSA) is 73.4 Å². The summed E-state index contributed by atoms with van der Waals surface area (Å²) in [5.41, 5.74) is 1.60. The third-order valence-electron chi connectivity index (χ3n) is 6.29. The molecular weight excluding hydrogens is 408 g/mol. The van der Waals surface area contributed by atoms with Gasteiger partial charge in [0.15, 0.2) is 5.43 Å². The summed E-state index contributed by atoms with van der Waals surface area (Å²) in [5.74, 6) is 0.689. The number of fused-ring (bicyclic) bond motifs is 2. The Labute approximate surface area is 186 Å². The minimum atomic E-state index is -0.477. The summed E-state index contributed by atoms with van der Waals surface area (Å²) in [6.07, 6.45) is 0. The van der Waals surface area contributed by atoms with Crippen molar-refractivity contribution in [2.24, 2.45) is 0 Å². The standard InChI is InChI=1S/C25H26N2O5/c1-2-31-18-9-7-17(8-10-18)22-21-23(28)19-5-3-4-6-20(19)32-24(21)25(29)27(22)12-11-26-13-15-30-16-14-26/h3-10,22H,2,11-16H2,1H3/p+1/t22-/m1/s1. The molecule has 0 unspecified atom stereocenters. The van der Waals surface area contributed by atoms with Crippen LogP contribution in [0, 0.1) is 0 Å². The molecule has 0 bridgehead atoms. The summed E-state index contributed by atoms with van der Waals surface area (Å²) in [6, 6.07) is 14.3. The molecule has 2 aromatic carbocycles. The minimum absolute atomic E-state index is 0.143. The summed E-state index contributed by atoms with van der Waals surface area (Å²) in [7, 11) is 0. The van der Waals surface area contributed by atoms with E-state index in [0.29, 0.717) is 29.7 Å². The molecule has 32 heavy (non-hydrogen) atoms. The molecule has 1 aromatic heterocycles. The Balaban J connectivity index is 1.56. The molecule has 0 aliphatic carbocycles. The third kappa shape index (κ3) is 3.67. The van der Waals surface area contributed by atoms with E-state index in [-0.39, 0.29) is 17.1 Å². The van der Waals surface area contributed by atoms with Crippen molar-refractivity contribution in [2.75, 3.05) is 46.0 Å². The van der Waals surface area contributed by atoms with E-state index < -0.39 is 6.04 Å². The van der Waals surface area contributed by atoms with Crippen LogP contribution in [0.1, 0.15) is 34.6 Å². The largest absolute Gasteiger partial charge is 0.494 e. The van der Waals surface area contributed by atoms with Gasteiger partial charge >= 0.3 is 0 Å². The fourth-order valence-electron chi connectivity index (χ4n) is 4.65. The van der Waals surface area contributed by atoms with Crippen molar-refractivity contribution in [1.29, 1.82) is 0 Å². The van der Waals surface area contributed by atoms with Gasteiger partial charge in [-0.2, -0.15) is 0 Å². The maximum absolute atomic E-state index is 13.5. The number of nitrogens with zero attached hydrogens (tertiary/aromatic N) is 1. The van der Waals surface area contributed by atoms with Gasteiger partial charge in [0, 0.05) is 0 Å². The van der Waals surface area contributed by atoms with Gasteiger partial charge in [-0.05, 0) is 36.8 Å². The summed E-state index contributed by atoms with van der Waals surface area (Å²) >= 11 is 0. The Morgan fingerprint density at radius 1 is 1.06 bits per heavy atom. The van der Waals surface area contributed by atoms with Crippen molar-refractivity contribution < 1.29 is 23.6 Å². The van der Waals surface area contributed by atoms with E-state index in [1.807, 2.05) is 37.3 Å². The van der Waals surface area contributed by atoms with Gasteiger partial charge in [0.25, 0.3) is 5.91 Å². The van der Waals surface area contributed by atoms with Crippen LogP contribution in [0.4, 0.5) is 0 Å². The lowest BCUT2D eigenvalue weighted by atomic mass is 9.98. The summed E-state index contributed by atoms with van der Waals surface area (Å²) in [6.45, 7) is 7.15. The smallest absolute Gasteiger partial charge is 0.291 e. The number of rotatable bonds is 6. The van der Waals surface area contributed by atoms with Gasteiger partial charge in [-0.3, -0.25) is 9.59 Å². The van der Waals surface area contributed by atoms with E-state index in [1.54, 1.807) is 23.1 Å². The zero-order chi connectivity index (χ0) is 22.1. The van der Waals surface area contributed by atoms with Gasteiger partial charge in [-0.15, -0.1) is 0 Å². The average Bonchev–Trinajstić information content (AvgIpc) is 3.11. The molecule has 0 spiro atoms. The van der Waals surface area contributed by atoms with E-state index in [0.717, 1.165) is 44.2 Å². The fourth-order valence-corrected chi connectivity index (χ4v) is 4.65. The van der Waals surface area contributed by atoms with Crippen LogP contribution < -0.4 is 15.1 Å². The molecule has 3 heterocycles. The quantitative estimate of drug-likeness (QED) is 0.638. The minimum Gasteiger partial charge on any atom is -0.494 e. The second-order valence-electron chi connectivity index (χ2n) is 8.19. The molecule has 7 nitrogen and oxygen atoms in total. The van der Waals surface area contributed by atoms with Gasteiger partial charge in [-0.25, -0.2) is 0 Å². The summed E-state index contributed by atoms with van der Waals surface area (Å²) in [4.78, 5) is 30.1. The number of amides is 1. The number of hydrogen-bond acceptors (Lipinski definition) is 5. The summed E-state index contributed by atoms with van der Waals surface area (Å²) in [5, 5.41) is 0.496. The van der Waals surface area contributed by atoms with Gasteiger partial charge in [0.1, 0.15) is 24.4 Å². The van der Waals surface area contributed by atoms with Gasteiger partial charge < -0.3 is 23.7 Å². The number of ether oxygens (including phenoxy) is 2. The van der Waals surface area contributed by atoms with E-state index in [1.165, 1.54) is 4.90 Å². The van der Waals surface area contributed by atoms with Crippen LogP contribution in [-0.4, -0.2) is 56.8 Å². The fraction of sp³-hybridized carbons (Fsp3) is 0.360. The lowest BCUT2D eigenvalue weighted by molar-refractivity contribution is -0.907. The number of carbonyl (C=O) groups excluding carboxylic acids is 1. The molecule has 166 valence electrons. The predicted octanol–water partition coefficient (Wildman–Crippen LogP) is 1.65. The molecular formula is C25H27N2O5+. The van der Waals surface area contributed by atoms with Crippen LogP contribution in [0.5, 0.6) is 5.75 Å². The highest BCUT2D eigenvalue weighted by molar-refractivity contribution is 5.99. The van der Waals surface area contributed by atoms with Gasteiger partial charge in [0.05, 0.1) is 49.9 Å². The first-order valence-electron chi connectivity index (χ1n) is 11.2. The Kier molecular flexibility index (Phi) is 5.68. The first kappa shape index (κ1) is 20.7. The molecule has 1 N–H and O–H groups in total. The Hall–Kier alpha value is -3.16. The van der Waals surface area contributed by atoms with Gasteiger partial charge in [0.2, 0.25) is 5.76 Å². The number of para-hydroxylation sites is 1. The maximum Gasteiger partial charge on any atom is 0.291 e. The molecule has 1 saturated heterocycles. The predicted molar refractivity (Wildman–Crippen MR) is 119 cm³/mol. The molecule has 2 aliphatic heterocycles. The lowest BCUT2D eigenvalue weighted by Gasteiger charge is -2.29. The highest BCUT2D eigenvalue weighted by Crippen LogP contribution is 2.38. The molecule has 1 atom stereocenters. The number of quaternary nitrogens is 1. The van der Waals surface area contributed by atoms with E-state index >= 15 is 0 Å². The number of nitrogens with one attached hydrogen (secondary N) is 1. The highest BCUT2D eigenvalue weighted by Gasteiger charge is 2.43. The monoisotopic (exact) mass is 435 g/mol. The molecule has 5 rings (SSSR count). The molecule has 1 fully saturated rings. The molecule has 3 aromatic rings. The molecule has 7 heteroatoms. The van der Waals surface area contributed by atoms with Crippen molar-refractivity contribution in [3.05, 3.63) is 75.6 Å². The first-order valence-corrected chi connectivity index (χ1v) is 11.2. The number of hydrogen-bond donors (Lipinski definition) is 1. The van der Waals surface area contributed by atoms with E-state index in [9.17, 15) is 9.59 Å². The summed E-state index contributed by atoms with van der Waals surface area (Å²) < 4.78 is 17.0. The van der Waals surface area contributed by atoms with Crippen LogP contribution in [0.3, 0.4) is 0 Å². The first-order chi connectivity index (χ1) is 15.7. The highest BCUT2D eigenvalue weighted by atomic mass is 16.5. The Morgan fingerprint density at radius 2 is 1.81 bits per heavy atom. The number of benzene rings is 2. The normalized spacial score (nSPS) is 18.8. The van der Waals surface area contributed by atoms with E-state index in [4.69, 9.17) is 13.9 Å². The Bertz CT molecular complexity index is 1180. The second kappa shape index (κ2) is 8.76. The van der Waals surface area contributed by atoms with Crippen LogP contribution >= 0.6 is 0 Å². The van der Waals surface area contributed by atoms with Crippen molar-refractivity contribution in [2.45, 2.75) is 13.0 Å². The maximum atomic E-state index is 13.5. The number of carbonyl (C=O) groups is 1. The van der Waals surface area contributed by atoms with Crippen molar-refractivity contribution >= 4 is 16.9 Å². The van der Waals surface area contributed by atoms with Crippen LogP contribution in [-0.2, 0) is 4.74 Å². The SMILES string of the molecule is CCOc1ccc([C@@H]2c3c(oc4ccccc4c3=O)C(=O)N2CC[NH+]2CCOCC2)cc1. The van der Waals surface area contributed by atoms with Crippen molar-refractivity contribution in [3.8, 4) is 5.75 Å². The molecule has 0 radical (unpaired) electrons. The van der Waals surface area contributed by atoms with Crippen LogP contribution in [0.15, 0.2) is 57.7 Å². The van der Waals surface area contributed by atoms with Crippen LogP contribution in [0.2, 0.25) is 0 Å². The van der Waals surface area contributed by atoms with E-state index in [2.05, 4.69) is 0 Å². The number of morpholine rings is 1. The molecule has 2 aliphatic rings. The molecule has 0 saturated carbocycles. The van der Waals surface area contributed by atoms with Crippen molar-refractivity contribution in [3.63, 3.8) is 0 Å². The molecule has 1 amide bonds. The zero-order valence-electron chi connectivity index (χ0n) is 18.1. The Morgan fingerprint density at radius 3 is 2.56 bits per heavy atom. The zero-order valence-corrected chi connectivity index (χ0v) is 18.1. The van der Waals surface area contributed by atoms with Crippen LogP contribution in [0.25, 0.3) is 11.0 Å². The van der Waals surface area contributed by atoms with Crippen molar-refractivity contribution in [1.82, 2.24) is 4.90 Å².